The molecule has 31 heavy (non-hydrogen) atoms. The van der Waals surface area contributed by atoms with Crippen LogP contribution < -0.4 is 5.32 Å². The van der Waals surface area contributed by atoms with E-state index in [0.717, 1.165) is 16.7 Å². The number of hydrogen-bond donors (Lipinski definition) is 4. The second-order valence-electron chi connectivity index (χ2n) is 8.95. The van der Waals surface area contributed by atoms with Crippen LogP contribution in [0.25, 0.3) is 11.1 Å². The Morgan fingerprint density at radius 3 is 2.06 bits per heavy atom. The summed E-state index contributed by atoms with van der Waals surface area (Å²) in [5.74, 6) is -3.07. The summed E-state index contributed by atoms with van der Waals surface area (Å²) < 4.78 is 0. The monoisotopic (exact) mass is 427 g/mol. The van der Waals surface area contributed by atoms with Crippen LogP contribution in [0.3, 0.4) is 0 Å². The molecule has 0 aromatic heterocycles. The van der Waals surface area contributed by atoms with Gasteiger partial charge in [-0.2, -0.15) is 0 Å². The molecule has 0 fully saturated rings. The second-order valence-corrected chi connectivity index (χ2v) is 8.95. The number of aliphatic hydroxyl groups is 2. The number of carboxylic acid groups (broad SMARTS) is 1. The number of aliphatic hydroxyl groups excluding tert-OH is 2. The number of benzene rings is 2. The Bertz CT molecular complexity index is 842. The average molecular weight is 428 g/mol. The van der Waals surface area contributed by atoms with Crippen molar-refractivity contribution in [2.75, 3.05) is 6.61 Å². The van der Waals surface area contributed by atoms with E-state index in [2.05, 4.69) is 5.32 Å². The van der Waals surface area contributed by atoms with Crippen LogP contribution in [-0.2, 0) is 16.0 Å². The first-order valence-corrected chi connectivity index (χ1v) is 10.6. The number of amides is 1. The maximum atomic E-state index is 12.7. The summed E-state index contributed by atoms with van der Waals surface area (Å²) >= 11 is 0. The summed E-state index contributed by atoms with van der Waals surface area (Å²) in [6, 6.07) is 17.6. The molecule has 168 valence electrons. The number of aryl methyl sites for hydroxylation is 1. The molecule has 4 N–H and O–H groups in total. The van der Waals surface area contributed by atoms with Crippen molar-refractivity contribution in [1.29, 1.82) is 0 Å². The van der Waals surface area contributed by atoms with E-state index in [4.69, 9.17) is 0 Å². The molecular formula is C25H33NO5. The molecule has 2 rings (SSSR count). The Labute approximate surface area is 183 Å². The van der Waals surface area contributed by atoms with Crippen LogP contribution in [0, 0.1) is 11.3 Å². The van der Waals surface area contributed by atoms with Gasteiger partial charge in [-0.05, 0) is 41.4 Å². The summed E-state index contributed by atoms with van der Waals surface area (Å²) in [4.78, 5) is 24.0. The third-order valence-electron chi connectivity index (χ3n) is 5.56. The number of nitrogens with one attached hydrogen (secondary N) is 1. The van der Waals surface area contributed by atoms with Crippen molar-refractivity contribution in [3.8, 4) is 11.1 Å². The number of aliphatic carboxylic acids is 1. The number of carbonyl (C=O) groups is 2. The predicted octanol–water partition coefficient (Wildman–Crippen LogP) is 3.26. The van der Waals surface area contributed by atoms with Gasteiger partial charge in [-0.15, -0.1) is 0 Å². The lowest BCUT2D eigenvalue weighted by Gasteiger charge is -2.31. The maximum absolute atomic E-state index is 12.7. The minimum absolute atomic E-state index is 0.224. The lowest BCUT2D eigenvalue weighted by molar-refractivity contribution is -0.154. The molecule has 0 aliphatic carbocycles. The van der Waals surface area contributed by atoms with E-state index in [1.54, 1.807) is 0 Å². The highest BCUT2D eigenvalue weighted by atomic mass is 16.4. The van der Waals surface area contributed by atoms with Gasteiger partial charge < -0.3 is 20.6 Å². The Hall–Kier alpha value is -2.70. The summed E-state index contributed by atoms with van der Waals surface area (Å²) in [5, 5.41) is 31.6. The SMILES string of the molecule is CC(C)(C)[C@@H](CO)NC(=O)[C@H](CCCc1ccc(-c2ccccc2)cc1)[C@H](O)C(=O)O. The molecular weight excluding hydrogens is 394 g/mol. The van der Waals surface area contributed by atoms with Crippen molar-refractivity contribution in [3.05, 3.63) is 60.2 Å². The van der Waals surface area contributed by atoms with Gasteiger partial charge in [-0.1, -0.05) is 75.4 Å². The third kappa shape index (κ3) is 7.19. The highest BCUT2D eigenvalue weighted by molar-refractivity contribution is 5.86. The molecule has 2 aromatic carbocycles. The molecule has 0 spiro atoms. The van der Waals surface area contributed by atoms with Crippen molar-refractivity contribution < 1.29 is 24.9 Å². The largest absolute Gasteiger partial charge is 0.479 e. The zero-order valence-corrected chi connectivity index (χ0v) is 18.4. The highest BCUT2D eigenvalue weighted by Crippen LogP contribution is 2.23. The minimum Gasteiger partial charge on any atom is -0.479 e. The molecule has 6 nitrogen and oxygen atoms in total. The molecule has 0 unspecified atom stereocenters. The first-order valence-electron chi connectivity index (χ1n) is 10.6. The van der Waals surface area contributed by atoms with Gasteiger partial charge in [0.25, 0.3) is 0 Å². The molecule has 0 aliphatic rings. The van der Waals surface area contributed by atoms with Gasteiger partial charge in [-0.25, -0.2) is 4.79 Å². The van der Waals surface area contributed by atoms with Crippen molar-refractivity contribution in [2.24, 2.45) is 11.3 Å². The average Bonchev–Trinajstić information content (AvgIpc) is 2.74. The van der Waals surface area contributed by atoms with Crippen LogP contribution in [0.5, 0.6) is 0 Å². The van der Waals surface area contributed by atoms with Gasteiger partial charge in [0.05, 0.1) is 18.6 Å². The van der Waals surface area contributed by atoms with E-state index in [1.807, 2.05) is 75.4 Å². The van der Waals surface area contributed by atoms with E-state index < -0.39 is 35.4 Å². The first-order chi connectivity index (χ1) is 14.6. The molecule has 6 heteroatoms. The fourth-order valence-corrected chi connectivity index (χ4v) is 3.44. The Kier molecular flexibility index (Phi) is 8.77. The molecule has 0 bridgehead atoms. The van der Waals surface area contributed by atoms with Crippen molar-refractivity contribution in [2.45, 2.75) is 52.2 Å². The van der Waals surface area contributed by atoms with Crippen molar-refractivity contribution in [1.82, 2.24) is 5.32 Å². The number of carbonyl (C=O) groups excluding carboxylic acids is 1. The summed E-state index contributed by atoms with van der Waals surface area (Å²) in [7, 11) is 0. The third-order valence-corrected chi connectivity index (χ3v) is 5.56. The summed E-state index contributed by atoms with van der Waals surface area (Å²) in [5.41, 5.74) is 2.92. The van der Waals surface area contributed by atoms with Crippen molar-refractivity contribution >= 4 is 11.9 Å². The summed E-state index contributed by atoms with van der Waals surface area (Å²) in [6.45, 7) is 5.35. The van der Waals surface area contributed by atoms with Crippen LogP contribution in [0.4, 0.5) is 0 Å². The highest BCUT2D eigenvalue weighted by Gasteiger charge is 2.34. The number of rotatable bonds is 10. The quantitative estimate of drug-likeness (QED) is 0.466. The number of carboxylic acids is 1. The molecule has 3 atom stereocenters. The van der Waals surface area contributed by atoms with Gasteiger partial charge in [0.1, 0.15) is 0 Å². The van der Waals surface area contributed by atoms with E-state index >= 15 is 0 Å². The van der Waals surface area contributed by atoms with Crippen molar-refractivity contribution in [3.63, 3.8) is 0 Å². The first kappa shape index (κ1) is 24.6. The van der Waals surface area contributed by atoms with Gasteiger partial charge in [0.15, 0.2) is 6.10 Å². The van der Waals surface area contributed by atoms with Gasteiger partial charge in [-0.3, -0.25) is 4.79 Å². The fraction of sp³-hybridized carbons (Fsp3) is 0.440. The van der Waals surface area contributed by atoms with Gasteiger partial charge in [0, 0.05) is 0 Å². The number of hydrogen-bond acceptors (Lipinski definition) is 4. The lowest BCUT2D eigenvalue weighted by atomic mass is 9.86. The molecule has 2 aromatic rings. The standard InChI is InChI=1S/C25H33NO5/c1-25(2,3)21(16-27)26-23(29)20(22(28)24(30)31)11-7-8-17-12-14-19(15-13-17)18-9-5-4-6-10-18/h4-6,9-10,12-15,20-22,27-28H,7-8,11,16H2,1-3H3,(H,26,29)(H,30,31)/t20-,21-,22+/m1/s1. The second kappa shape index (κ2) is 11.1. The zero-order chi connectivity index (χ0) is 23.0. The smallest absolute Gasteiger partial charge is 0.333 e. The van der Waals surface area contributed by atoms with Gasteiger partial charge >= 0.3 is 5.97 Å². The minimum atomic E-state index is -1.79. The molecule has 0 radical (unpaired) electrons. The molecule has 0 saturated heterocycles. The molecule has 0 saturated carbocycles. The fourth-order valence-electron chi connectivity index (χ4n) is 3.44. The van der Waals surface area contributed by atoms with Crippen LogP contribution in [-0.4, -0.2) is 45.9 Å². The Balaban J connectivity index is 2.00. The van der Waals surface area contributed by atoms with Crippen LogP contribution in [0.2, 0.25) is 0 Å². The topological polar surface area (TPSA) is 107 Å². The van der Waals surface area contributed by atoms with Crippen LogP contribution in [0.15, 0.2) is 54.6 Å². The normalized spacial score (nSPS) is 14.5. The van der Waals surface area contributed by atoms with E-state index in [9.17, 15) is 24.9 Å². The van der Waals surface area contributed by atoms with Crippen LogP contribution >= 0.6 is 0 Å². The lowest BCUT2D eigenvalue weighted by Crippen LogP contribution is -2.51. The van der Waals surface area contributed by atoms with E-state index in [1.165, 1.54) is 0 Å². The van der Waals surface area contributed by atoms with E-state index in [-0.39, 0.29) is 13.0 Å². The molecule has 0 aliphatic heterocycles. The molecule has 0 heterocycles. The Morgan fingerprint density at radius 1 is 0.968 bits per heavy atom. The zero-order valence-electron chi connectivity index (χ0n) is 18.4. The van der Waals surface area contributed by atoms with E-state index in [0.29, 0.717) is 12.8 Å². The maximum Gasteiger partial charge on any atom is 0.333 e. The molecule has 1 amide bonds. The summed E-state index contributed by atoms with van der Waals surface area (Å²) in [6.07, 6.45) is -0.359. The van der Waals surface area contributed by atoms with Crippen LogP contribution in [0.1, 0.15) is 39.2 Å². The Morgan fingerprint density at radius 2 is 1.55 bits per heavy atom. The van der Waals surface area contributed by atoms with Gasteiger partial charge in [0.2, 0.25) is 5.91 Å². The predicted molar refractivity (Wildman–Crippen MR) is 120 cm³/mol.